The molecule has 0 aliphatic heterocycles. The third-order valence-corrected chi connectivity index (χ3v) is 3.57. The molecule has 0 saturated heterocycles. The number of rotatable bonds is 2. The molecule has 4 rings (SSSR count). The van der Waals surface area contributed by atoms with Crippen molar-refractivity contribution in [2.24, 2.45) is 0 Å². The van der Waals surface area contributed by atoms with Gasteiger partial charge < -0.3 is 14.7 Å². The van der Waals surface area contributed by atoms with Gasteiger partial charge in [-0.3, -0.25) is 0 Å². The molecule has 3 aromatic heterocycles. The molecule has 9 nitrogen and oxygen atoms in total. The average Bonchev–Trinajstić information content (AvgIpc) is 3.15. The highest BCUT2D eigenvalue weighted by Gasteiger charge is 2.20. The second kappa shape index (κ2) is 5.02. The summed E-state index contributed by atoms with van der Waals surface area (Å²) >= 11 is 3.36. The van der Waals surface area contributed by atoms with Gasteiger partial charge in [-0.25, -0.2) is 9.42 Å². The Bertz CT molecular complexity index is 1080. The van der Waals surface area contributed by atoms with Crippen LogP contribution in [0.3, 0.4) is 0 Å². The molecule has 0 spiro atoms. The van der Waals surface area contributed by atoms with Gasteiger partial charge in [0.1, 0.15) is 11.1 Å². The normalized spacial score (nSPS) is 11.2. The summed E-state index contributed by atoms with van der Waals surface area (Å²) in [6, 6.07) is 6.87. The summed E-state index contributed by atoms with van der Waals surface area (Å²) in [7, 11) is 0. The van der Waals surface area contributed by atoms with Gasteiger partial charge in [0.05, 0.1) is 0 Å². The van der Waals surface area contributed by atoms with Gasteiger partial charge in [-0.05, 0) is 34.6 Å². The fourth-order valence-electron chi connectivity index (χ4n) is 2.02. The van der Waals surface area contributed by atoms with Crippen LogP contribution in [0.15, 0.2) is 47.1 Å². The van der Waals surface area contributed by atoms with Crippen LogP contribution in [0.4, 0.5) is 5.82 Å². The number of fused-ring (bicyclic) bond motifs is 1. The molecule has 1 aromatic carbocycles. The molecule has 0 aliphatic carbocycles. The van der Waals surface area contributed by atoms with Crippen molar-refractivity contribution >= 4 is 32.7 Å². The molecule has 0 aliphatic rings. The van der Waals surface area contributed by atoms with Gasteiger partial charge >= 0.3 is 5.63 Å². The maximum atomic E-state index is 12.1. The molecule has 0 amide bonds. The summed E-state index contributed by atoms with van der Waals surface area (Å²) < 4.78 is 15.7. The monoisotopic (exact) mass is 375 g/mol. The highest BCUT2D eigenvalue weighted by atomic mass is 79.9. The highest BCUT2D eigenvalue weighted by Crippen LogP contribution is 2.25. The molecular formula is C13H6BrN5O4. The number of nitrogens with two attached hydrogens (primary N) is 1. The van der Waals surface area contributed by atoms with E-state index in [4.69, 9.17) is 14.7 Å². The van der Waals surface area contributed by atoms with Crippen molar-refractivity contribution in [1.29, 1.82) is 0 Å². The van der Waals surface area contributed by atoms with Crippen LogP contribution in [0.1, 0.15) is 0 Å². The molecule has 0 unspecified atom stereocenters. The minimum absolute atomic E-state index is 0.0157. The van der Waals surface area contributed by atoms with Crippen LogP contribution in [0.5, 0.6) is 0 Å². The molecule has 0 saturated carbocycles. The zero-order valence-corrected chi connectivity index (χ0v) is 12.8. The number of benzene rings is 1. The van der Waals surface area contributed by atoms with E-state index in [0.717, 1.165) is 4.47 Å². The van der Waals surface area contributed by atoms with Crippen LogP contribution in [0, 0.1) is 0 Å². The van der Waals surface area contributed by atoms with Gasteiger partial charge in [-0.15, -0.1) is 0 Å². The Morgan fingerprint density at radius 1 is 1.13 bits per heavy atom. The van der Waals surface area contributed by atoms with Crippen molar-refractivity contribution in [3.63, 3.8) is 0 Å². The van der Waals surface area contributed by atoms with Crippen molar-refractivity contribution in [1.82, 2.24) is 20.5 Å². The van der Waals surface area contributed by atoms with Crippen LogP contribution in [-0.4, -0.2) is 20.5 Å². The average molecular weight is 376 g/mol. The lowest BCUT2D eigenvalue weighted by molar-refractivity contribution is 0.310. The molecule has 2 N–H and O–H groups in total. The minimum atomic E-state index is -0.596. The molecule has 0 bridgehead atoms. The van der Waals surface area contributed by atoms with E-state index in [1.54, 1.807) is 24.3 Å². The molecule has 10 heteroatoms. The molecular weight excluding hydrogens is 370 g/mol. The Morgan fingerprint density at radius 3 is 2.78 bits per heavy atom. The van der Waals surface area contributed by atoms with Crippen molar-refractivity contribution in [2.45, 2.75) is 0 Å². The summed E-state index contributed by atoms with van der Waals surface area (Å²) in [5.74, 6) is 0.0670. The zero-order chi connectivity index (χ0) is 16.0. The first kappa shape index (κ1) is 13.6. The Labute approximate surface area is 135 Å². The van der Waals surface area contributed by atoms with Crippen LogP contribution in [0.25, 0.3) is 33.9 Å². The lowest BCUT2D eigenvalue weighted by atomic mass is 10.2. The number of anilines is 1. The number of nitrogen functional groups attached to an aromatic ring is 1. The summed E-state index contributed by atoms with van der Waals surface area (Å²) in [6.07, 6.45) is 0. The van der Waals surface area contributed by atoms with Crippen molar-refractivity contribution in [2.75, 3.05) is 5.73 Å². The van der Waals surface area contributed by atoms with Gasteiger partial charge in [0.2, 0.25) is 5.82 Å². The van der Waals surface area contributed by atoms with Crippen LogP contribution >= 0.6 is 15.9 Å². The fraction of sp³-hybridized carbons (Fsp3) is 0. The largest absolute Gasteiger partial charge is 0.422 e. The van der Waals surface area contributed by atoms with E-state index in [1.807, 2.05) is 0 Å². The number of hydrogen-bond acceptors (Lipinski definition) is 9. The van der Waals surface area contributed by atoms with E-state index in [-0.39, 0.29) is 28.8 Å². The highest BCUT2D eigenvalue weighted by molar-refractivity contribution is 9.10. The van der Waals surface area contributed by atoms with Gasteiger partial charge in [-0.1, -0.05) is 21.1 Å². The Hall–Kier alpha value is -3.01. The van der Waals surface area contributed by atoms with Crippen LogP contribution < -0.4 is 11.4 Å². The third-order valence-electron chi connectivity index (χ3n) is 3.08. The maximum absolute atomic E-state index is 12.1. The molecule has 0 atom stereocenters. The number of aromatic nitrogens is 4. The Morgan fingerprint density at radius 2 is 2.00 bits per heavy atom. The first-order valence-electron chi connectivity index (χ1n) is 6.28. The molecule has 4 aromatic rings. The van der Waals surface area contributed by atoms with Gasteiger partial charge in [-0.2, -0.15) is 4.98 Å². The predicted octanol–water partition coefficient (Wildman–Crippen LogP) is 2.24. The maximum Gasteiger partial charge on any atom is 0.349 e. The predicted molar refractivity (Wildman–Crippen MR) is 81.2 cm³/mol. The molecule has 3 heterocycles. The van der Waals surface area contributed by atoms with Gasteiger partial charge in [0.25, 0.3) is 5.89 Å². The lowest BCUT2D eigenvalue weighted by Gasteiger charge is -1.99. The number of nitrogens with zero attached hydrogens (tertiary/aromatic N) is 4. The first-order chi connectivity index (χ1) is 11.1. The van der Waals surface area contributed by atoms with Crippen molar-refractivity contribution in [3.8, 4) is 23.0 Å². The number of halogens is 1. The topological polar surface area (TPSA) is 134 Å². The molecule has 0 fully saturated rings. The fourth-order valence-corrected chi connectivity index (χ4v) is 2.40. The Kier molecular flexibility index (Phi) is 2.98. The first-order valence-corrected chi connectivity index (χ1v) is 7.07. The van der Waals surface area contributed by atoms with E-state index < -0.39 is 5.63 Å². The van der Waals surface area contributed by atoms with Crippen LogP contribution in [0.2, 0.25) is 0 Å². The summed E-state index contributed by atoms with van der Waals surface area (Å²) in [5.41, 5.74) is 5.68. The zero-order valence-electron chi connectivity index (χ0n) is 11.2. The summed E-state index contributed by atoms with van der Waals surface area (Å²) in [5, 5.41) is 11.4. The third kappa shape index (κ3) is 2.28. The summed E-state index contributed by atoms with van der Waals surface area (Å²) in [6.45, 7) is 0. The molecule has 0 radical (unpaired) electrons. The Balaban J connectivity index is 1.86. The SMILES string of the molecule is Nc1nonc1-c1noc(-c2cc3cc(Br)ccc3oc2=O)n1. The van der Waals surface area contributed by atoms with E-state index in [0.29, 0.717) is 11.0 Å². The quantitative estimate of drug-likeness (QED) is 0.523. The van der Waals surface area contributed by atoms with Crippen molar-refractivity contribution < 1.29 is 13.6 Å². The van der Waals surface area contributed by atoms with E-state index in [2.05, 4.69) is 41.0 Å². The minimum Gasteiger partial charge on any atom is -0.422 e. The van der Waals surface area contributed by atoms with Gasteiger partial charge in [0, 0.05) is 9.86 Å². The van der Waals surface area contributed by atoms with Crippen LogP contribution in [-0.2, 0) is 0 Å². The lowest BCUT2D eigenvalue weighted by Crippen LogP contribution is -2.02. The van der Waals surface area contributed by atoms with E-state index in [9.17, 15) is 4.79 Å². The molecule has 23 heavy (non-hydrogen) atoms. The second-order valence-electron chi connectivity index (χ2n) is 4.55. The summed E-state index contributed by atoms with van der Waals surface area (Å²) in [4.78, 5) is 16.2. The van der Waals surface area contributed by atoms with E-state index in [1.165, 1.54) is 0 Å². The number of hydrogen-bond donors (Lipinski definition) is 1. The second-order valence-corrected chi connectivity index (χ2v) is 5.47. The standard InChI is InChI=1S/C13H6BrN5O4/c14-6-1-2-8-5(3-6)4-7(13(20)21-8)12-16-11(19-22-12)9-10(15)18-23-17-9/h1-4H,(H2,15,18). The van der Waals surface area contributed by atoms with E-state index >= 15 is 0 Å². The smallest absolute Gasteiger partial charge is 0.349 e. The molecule has 114 valence electrons. The van der Waals surface area contributed by atoms with Crippen molar-refractivity contribution in [3.05, 3.63) is 39.2 Å². The van der Waals surface area contributed by atoms with Gasteiger partial charge in [0.15, 0.2) is 11.5 Å².